The molecule has 0 aromatic rings. The second kappa shape index (κ2) is 48.8. The van der Waals surface area contributed by atoms with Crippen molar-refractivity contribution in [2.75, 3.05) is 26.4 Å². The molecular weight excluding hydrogens is 1090 g/mol. The number of amides is 1. The molecule has 0 bridgehead atoms. The molecule has 19 nitrogen and oxygen atoms in total. The van der Waals surface area contributed by atoms with Crippen LogP contribution in [0.2, 0.25) is 0 Å². The number of nitrogens with one attached hydrogen (secondary N) is 1. The quantitative estimate of drug-likeness (QED) is 0.0202. The number of hydrogen-bond acceptors (Lipinski definition) is 18. The maximum absolute atomic E-state index is 13.3. The zero-order valence-electron chi connectivity index (χ0n) is 52.3. The van der Waals surface area contributed by atoms with Crippen LogP contribution in [0.15, 0.2) is 36.5 Å². The van der Waals surface area contributed by atoms with Crippen molar-refractivity contribution in [2.24, 2.45) is 0 Å². The molecule has 3 aliphatic rings. The summed E-state index contributed by atoms with van der Waals surface area (Å²) in [6.07, 6.45) is 29.1. The van der Waals surface area contributed by atoms with Crippen LogP contribution in [0.25, 0.3) is 0 Å². The van der Waals surface area contributed by atoms with Gasteiger partial charge in [0.15, 0.2) is 18.9 Å². The zero-order chi connectivity index (χ0) is 61.9. The van der Waals surface area contributed by atoms with Gasteiger partial charge >= 0.3 is 0 Å². The average molecular weight is 1220 g/mol. The highest BCUT2D eigenvalue weighted by Crippen LogP contribution is 2.33. The van der Waals surface area contributed by atoms with E-state index in [0.717, 1.165) is 64.2 Å². The molecule has 0 radical (unpaired) electrons. The first kappa shape index (κ1) is 77.3. The first-order valence-corrected chi connectivity index (χ1v) is 33.7. The van der Waals surface area contributed by atoms with Gasteiger partial charge in [0, 0.05) is 6.42 Å². The molecule has 19 heteroatoms. The summed E-state index contributed by atoms with van der Waals surface area (Å²) in [6.45, 7) is 1.65. The van der Waals surface area contributed by atoms with Crippen LogP contribution in [-0.4, -0.2) is 193 Å². The van der Waals surface area contributed by atoms with Gasteiger partial charge in [-0.3, -0.25) is 4.79 Å². The van der Waals surface area contributed by atoms with Crippen molar-refractivity contribution in [1.29, 1.82) is 0 Å². The van der Waals surface area contributed by atoms with E-state index in [2.05, 4.69) is 43.5 Å². The predicted molar refractivity (Wildman–Crippen MR) is 328 cm³/mol. The molecule has 3 heterocycles. The summed E-state index contributed by atoms with van der Waals surface area (Å²) in [4.78, 5) is 13.3. The molecule has 12 N–H and O–H groups in total. The van der Waals surface area contributed by atoms with E-state index in [9.17, 15) is 61.0 Å². The minimum atomic E-state index is -1.98. The first-order chi connectivity index (χ1) is 41.3. The number of aliphatic hydroxyl groups excluding tert-OH is 11. The van der Waals surface area contributed by atoms with Crippen molar-refractivity contribution >= 4 is 5.91 Å². The van der Waals surface area contributed by atoms with Crippen LogP contribution < -0.4 is 5.32 Å². The maximum atomic E-state index is 13.3. The van der Waals surface area contributed by atoms with Crippen molar-refractivity contribution in [3.05, 3.63) is 36.5 Å². The Bertz CT molecular complexity index is 1690. The lowest BCUT2D eigenvalue weighted by molar-refractivity contribution is -0.379. The van der Waals surface area contributed by atoms with Crippen molar-refractivity contribution in [1.82, 2.24) is 5.32 Å². The summed E-state index contributed by atoms with van der Waals surface area (Å²) in [5.41, 5.74) is 0. The molecule has 0 aliphatic carbocycles. The van der Waals surface area contributed by atoms with E-state index in [-0.39, 0.29) is 18.9 Å². The number of carbonyl (C=O) groups is 1. The molecule has 3 aliphatic heterocycles. The molecule has 0 aromatic heterocycles. The fraction of sp³-hybridized carbons (Fsp3) is 0.894. The van der Waals surface area contributed by atoms with Gasteiger partial charge in [-0.2, -0.15) is 0 Å². The van der Waals surface area contributed by atoms with Gasteiger partial charge < -0.3 is 89.9 Å². The fourth-order valence-corrected chi connectivity index (χ4v) is 11.4. The Morgan fingerprint density at radius 1 is 0.424 bits per heavy atom. The SMILES string of the molecule is CCCCCCC/C=C\C/C=C\CCCCCCCCCCCCCCCCCCCCCCCC(=O)NC(COC1OC(CO)C(OC2OC(CO)C(OC3OC(CO)C(O)C(O)C3O)C(O)C2O)C(O)C1O)C(O)/C=C/CCCCCCC. The maximum Gasteiger partial charge on any atom is 0.220 e. The topological polar surface area (TPSA) is 307 Å². The van der Waals surface area contributed by atoms with Gasteiger partial charge in [0.25, 0.3) is 0 Å². The van der Waals surface area contributed by atoms with E-state index in [4.69, 9.17) is 28.4 Å². The van der Waals surface area contributed by atoms with E-state index < -0.39 is 124 Å². The second-order valence-electron chi connectivity index (χ2n) is 24.3. The lowest BCUT2D eigenvalue weighted by atomic mass is 9.96. The van der Waals surface area contributed by atoms with Crippen molar-refractivity contribution in [3.63, 3.8) is 0 Å². The van der Waals surface area contributed by atoms with Crippen LogP contribution in [0.3, 0.4) is 0 Å². The first-order valence-electron chi connectivity index (χ1n) is 33.7. The number of rotatable bonds is 51. The van der Waals surface area contributed by atoms with Crippen molar-refractivity contribution in [3.8, 4) is 0 Å². The van der Waals surface area contributed by atoms with Gasteiger partial charge in [-0.05, 0) is 51.4 Å². The van der Waals surface area contributed by atoms with Crippen LogP contribution in [0.4, 0.5) is 0 Å². The largest absolute Gasteiger partial charge is 0.394 e. The Balaban J connectivity index is 1.30. The Morgan fingerprint density at radius 2 is 0.776 bits per heavy atom. The van der Waals surface area contributed by atoms with Crippen LogP contribution in [0.1, 0.15) is 245 Å². The van der Waals surface area contributed by atoms with Gasteiger partial charge in [0.1, 0.15) is 73.2 Å². The van der Waals surface area contributed by atoms with Crippen LogP contribution >= 0.6 is 0 Å². The monoisotopic (exact) mass is 1220 g/mol. The molecule has 1 amide bonds. The summed E-state index contributed by atoms with van der Waals surface area (Å²) in [5.74, 6) is -0.277. The Labute approximate surface area is 511 Å². The third-order valence-electron chi connectivity index (χ3n) is 16.9. The fourth-order valence-electron chi connectivity index (χ4n) is 11.4. The highest BCUT2D eigenvalue weighted by atomic mass is 16.8. The van der Waals surface area contributed by atoms with E-state index in [1.165, 1.54) is 154 Å². The summed E-state index contributed by atoms with van der Waals surface area (Å²) in [6, 6.07) is -0.968. The number of unbranched alkanes of at least 4 members (excludes halogenated alkanes) is 31. The highest BCUT2D eigenvalue weighted by Gasteiger charge is 2.53. The molecule has 0 spiro atoms. The molecule has 17 unspecified atom stereocenters. The molecule has 85 heavy (non-hydrogen) atoms. The van der Waals surface area contributed by atoms with Crippen LogP contribution in [-0.2, 0) is 33.2 Å². The van der Waals surface area contributed by atoms with E-state index in [1.807, 2.05) is 6.08 Å². The minimum Gasteiger partial charge on any atom is -0.394 e. The molecule has 0 aromatic carbocycles. The van der Waals surface area contributed by atoms with Gasteiger partial charge in [-0.1, -0.05) is 224 Å². The number of allylic oxidation sites excluding steroid dienone is 5. The molecule has 3 saturated heterocycles. The number of ether oxygens (including phenoxy) is 6. The molecule has 498 valence electrons. The van der Waals surface area contributed by atoms with E-state index >= 15 is 0 Å². The molecule has 17 atom stereocenters. The zero-order valence-corrected chi connectivity index (χ0v) is 52.3. The van der Waals surface area contributed by atoms with Crippen molar-refractivity contribution < 1.29 is 89.4 Å². The predicted octanol–water partition coefficient (Wildman–Crippen LogP) is 8.05. The Hall–Kier alpha value is -1.99. The summed E-state index contributed by atoms with van der Waals surface area (Å²) in [7, 11) is 0. The summed E-state index contributed by atoms with van der Waals surface area (Å²) >= 11 is 0. The molecule has 3 rings (SSSR count). The smallest absolute Gasteiger partial charge is 0.220 e. The summed E-state index contributed by atoms with van der Waals surface area (Å²) < 4.78 is 34.2. The Kier molecular flexibility index (Phi) is 44.4. The highest BCUT2D eigenvalue weighted by molar-refractivity contribution is 5.76. The van der Waals surface area contributed by atoms with Gasteiger partial charge in [-0.15, -0.1) is 0 Å². The van der Waals surface area contributed by atoms with Gasteiger partial charge in [-0.25, -0.2) is 0 Å². The molecule has 3 fully saturated rings. The number of aliphatic hydroxyl groups is 11. The van der Waals surface area contributed by atoms with Crippen molar-refractivity contribution in [2.45, 2.75) is 349 Å². The number of carbonyl (C=O) groups excluding carboxylic acids is 1. The van der Waals surface area contributed by atoms with Crippen LogP contribution in [0.5, 0.6) is 0 Å². The molecular formula is C66H121NO18. The van der Waals surface area contributed by atoms with Gasteiger partial charge in [0.05, 0.1) is 38.6 Å². The van der Waals surface area contributed by atoms with E-state index in [1.54, 1.807) is 6.08 Å². The summed E-state index contributed by atoms with van der Waals surface area (Å²) in [5, 5.41) is 120. The second-order valence-corrected chi connectivity index (χ2v) is 24.3. The minimum absolute atomic E-state index is 0.245. The standard InChI is InChI=1S/C66H121NO18/c1-3-5-7-9-11-12-13-14-15-16-17-18-19-20-21-22-23-24-25-26-27-28-29-30-31-32-33-34-35-36-38-40-42-44-54(72)67-49(50(71)43-41-39-37-10-8-6-4-2)48-80-64-60(78)57(75)62(52(46-69)82-64)85-66-61(79)58(76)63(53(47-70)83-66)84-65-59(77)56(74)55(73)51(45-68)81-65/h13-14,16-17,41,43,49-53,55-66,68-71,73-79H,3-12,15,18-40,42,44-48H2,1-2H3,(H,67,72)/b14-13-,17-16-,43-41+. The third kappa shape index (κ3) is 31.5. The lowest BCUT2D eigenvalue weighted by Gasteiger charge is -2.48. The van der Waals surface area contributed by atoms with Gasteiger partial charge in [0.2, 0.25) is 5.91 Å². The van der Waals surface area contributed by atoms with Crippen LogP contribution in [0, 0.1) is 0 Å². The normalized spacial score (nSPS) is 29.2. The molecule has 0 saturated carbocycles. The third-order valence-corrected chi connectivity index (χ3v) is 16.9. The lowest BCUT2D eigenvalue weighted by Crippen LogP contribution is -2.66. The van der Waals surface area contributed by atoms with E-state index in [0.29, 0.717) is 6.42 Å². The number of hydrogen-bond donors (Lipinski definition) is 12. The average Bonchev–Trinajstić information content (AvgIpc) is 3.70. The Morgan fingerprint density at radius 3 is 1.20 bits per heavy atom.